The van der Waals surface area contributed by atoms with Gasteiger partial charge in [0, 0.05) is 31.0 Å². The molecular formula is C13H20N2. The average molecular weight is 204 g/mol. The molecule has 1 aromatic rings. The van der Waals surface area contributed by atoms with E-state index in [1.807, 2.05) is 7.05 Å². The molecule has 0 saturated carbocycles. The van der Waals surface area contributed by atoms with Crippen LogP contribution < -0.4 is 10.2 Å². The van der Waals surface area contributed by atoms with Crippen molar-refractivity contribution in [2.45, 2.75) is 32.2 Å². The normalized spacial score (nSPS) is 21.5. The van der Waals surface area contributed by atoms with Crippen LogP contribution in [0.3, 0.4) is 0 Å². The van der Waals surface area contributed by atoms with Gasteiger partial charge in [-0.2, -0.15) is 0 Å². The zero-order valence-corrected chi connectivity index (χ0v) is 9.66. The van der Waals surface area contributed by atoms with Crippen molar-refractivity contribution in [2.24, 2.45) is 0 Å². The first-order valence-corrected chi connectivity index (χ1v) is 5.85. The minimum absolute atomic E-state index is 0.694. The van der Waals surface area contributed by atoms with Gasteiger partial charge in [0.1, 0.15) is 0 Å². The van der Waals surface area contributed by atoms with Crippen molar-refractivity contribution in [3.8, 4) is 0 Å². The van der Waals surface area contributed by atoms with Crippen LogP contribution in [-0.4, -0.2) is 19.6 Å². The van der Waals surface area contributed by atoms with E-state index in [-0.39, 0.29) is 0 Å². The fraction of sp³-hybridized carbons (Fsp3) is 0.538. The van der Waals surface area contributed by atoms with E-state index in [4.69, 9.17) is 0 Å². The third kappa shape index (κ3) is 2.25. The molecule has 1 saturated heterocycles. The molecule has 0 amide bonds. The van der Waals surface area contributed by atoms with Crippen LogP contribution in [0.4, 0.5) is 11.4 Å². The third-order valence-corrected chi connectivity index (χ3v) is 3.29. The molecule has 2 rings (SSSR count). The summed E-state index contributed by atoms with van der Waals surface area (Å²) in [6, 6.07) is 9.42. The van der Waals surface area contributed by atoms with Crippen molar-refractivity contribution < 1.29 is 0 Å². The summed E-state index contributed by atoms with van der Waals surface area (Å²) in [7, 11) is 1.96. The molecule has 2 heteroatoms. The van der Waals surface area contributed by atoms with E-state index in [9.17, 15) is 0 Å². The van der Waals surface area contributed by atoms with Crippen LogP contribution in [0.15, 0.2) is 24.3 Å². The summed E-state index contributed by atoms with van der Waals surface area (Å²) in [4.78, 5) is 2.52. The van der Waals surface area contributed by atoms with Crippen LogP contribution in [-0.2, 0) is 0 Å². The summed E-state index contributed by atoms with van der Waals surface area (Å²) in [5, 5.41) is 3.15. The zero-order chi connectivity index (χ0) is 10.7. The quantitative estimate of drug-likeness (QED) is 0.796. The summed E-state index contributed by atoms with van der Waals surface area (Å²) in [5.74, 6) is 0. The topological polar surface area (TPSA) is 15.3 Å². The highest BCUT2D eigenvalue weighted by Crippen LogP contribution is 2.25. The van der Waals surface area contributed by atoms with E-state index in [0.29, 0.717) is 6.04 Å². The van der Waals surface area contributed by atoms with Gasteiger partial charge in [-0.15, -0.1) is 0 Å². The Hall–Kier alpha value is -1.18. The van der Waals surface area contributed by atoms with Gasteiger partial charge in [0.2, 0.25) is 0 Å². The van der Waals surface area contributed by atoms with E-state index in [2.05, 4.69) is 41.4 Å². The molecule has 2 nitrogen and oxygen atoms in total. The molecular weight excluding hydrogens is 184 g/mol. The summed E-state index contributed by atoms with van der Waals surface area (Å²) >= 11 is 0. The molecule has 0 bridgehead atoms. The molecule has 0 aliphatic carbocycles. The molecule has 1 aliphatic heterocycles. The van der Waals surface area contributed by atoms with E-state index >= 15 is 0 Å². The second kappa shape index (κ2) is 4.56. The SMILES string of the molecule is CNc1ccc(N2CCCCC2C)cc1. The maximum Gasteiger partial charge on any atom is 0.0370 e. The first-order valence-electron chi connectivity index (χ1n) is 5.85. The van der Waals surface area contributed by atoms with Crippen molar-refractivity contribution in [3.05, 3.63) is 24.3 Å². The number of hydrogen-bond acceptors (Lipinski definition) is 2. The lowest BCUT2D eigenvalue weighted by Crippen LogP contribution is -2.37. The van der Waals surface area contributed by atoms with E-state index in [1.165, 1.54) is 37.2 Å². The van der Waals surface area contributed by atoms with E-state index in [0.717, 1.165) is 0 Å². The standard InChI is InChI=1S/C13H20N2/c1-11-5-3-4-10-15(11)13-8-6-12(14-2)7-9-13/h6-9,11,14H,3-5,10H2,1-2H3. The highest BCUT2D eigenvalue weighted by molar-refractivity contribution is 5.55. The minimum Gasteiger partial charge on any atom is -0.388 e. The number of rotatable bonds is 2. The van der Waals surface area contributed by atoms with Crippen LogP contribution >= 0.6 is 0 Å². The van der Waals surface area contributed by atoms with Crippen molar-refractivity contribution >= 4 is 11.4 Å². The molecule has 0 spiro atoms. The Morgan fingerprint density at radius 1 is 1.20 bits per heavy atom. The number of anilines is 2. The van der Waals surface area contributed by atoms with E-state index < -0.39 is 0 Å². The first kappa shape index (κ1) is 10.3. The number of nitrogens with one attached hydrogen (secondary N) is 1. The van der Waals surface area contributed by atoms with Gasteiger partial charge in [0.15, 0.2) is 0 Å². The highest BCUT2D eigenvalue weighted by atomic mass is 15.2. The van der Waals surface area contributed by atoms with Gasteiger partial charge in [-0.05, 0) is 50.5 Å². The van der Waals surface area contributed by atoms with Gasteiger partial charge in [-0.1, -0.05) is 0 Å². The van der Waals surface area contributed by atoms with Crippen molar-refractivity contribution in [3.63, 3.8) is 0 Å². The smallest absolute Gasteiger partial charge is 0.0370 e. The summed E-state index contributed by atoms with van der Waals surface area (Å²) in [5.41, 5.74) is 2.55. The predicted molar refractivity (Wildman–Crippen MR) is 66.6 cm³/mol. The van der Waals surface area contributed by atoms with Gasteiger partial charge in [-0.25, -0.2) is 0 Å². The van der Waals surface area contributed by atoms with Crippen LogP contribution in [0.1, 0.15) is 26.2 Å². The maximum absolute atomic E-state index is 3.15. The average Bonchev–Trinajstić information content (AvgIpc) is 2.30. The van der Waals surface area contributed by atoms with Crippen LogP contribution in [0.5, 0.6) is 0 Å². The van der Waals surface area contributed by atoms with Gasteiger partial charge in [0.05, 0.1) is 0 Å². The number of benzene rings is 1. The summed E-state index contributed by atoms with van der Waals surface area (Å²) in [6.45, 7) is 3.53. The second-order valence-electron chi connectivity index (χ2n) is 4.34. The Balaban J connectivity index is 2.13. The molecule has 1 fully saturated rings. The molecule has 1 N–H and O–H groups in total. The van der Waals surface area contributed by atoms with Crippen LogP contribution in [0.2, 0.25) is 0 Å². The molecule has 0 radical (unpaired) electrons. The number of piperidine rings is 1. The monoisotopic (exact) mass is 204 g/mol. The van der Waals surface area contributed by atoms with Crippen LogP contribution in [0, 0.1) is 0 Å². The zero-order valence-electron chi connectivity index (χ0n) is 9.66. The molecule has 15 heavy (non-hydrogen) atoms. The fourth-order valence-electron chi connectivity index (χ4n) is 2.30. The Kier molecular flexibility index (Phi) is 3.14. The van der Waals surface area contributed by atoms with Gasteiger partial charge < -0.3 is 10.2 Å². The Morgan fingerprint density at radius 3 is 2.53 bits per heavy atom. The number of hydrogen-bond donors (Lipinski definition) is 1. The van der Waals surface area contributed by atoms with Crippen molar-refractivity contribution in [2.75, 3.05) is 23.8 Å². The van der Waals surface area contributed by atoms with Crippen molar-refractivity contribution in [1.82, 2.24) is 0 Å². The second-order valence-corrected chi connectivity index (χ2v) is 4.34. The minimum atomic E-state index is 0.694. The molecule has 1 heterocycles. The largest absolute Gasteiger partial charge is 0.388 e. The summed E-state index contributed by atoms with van der Waals surface area (Å²) < 4.78 is 0. The lowest BCUT2D eigenvalue weighted by molar-refractivity contribution is 0.485. The van der Waals surface area contributed by atoms with Crippen molar-refractivity contribution in [1.29, 1.82) is 0 Å². The Labute approximate surface area is 92.3 Å². The number of nitrogens with zero attached hydrogens (tertiary/aromatic N) is 1. The first-order chi connectivity index (χ1) is 7.31. The van der Waals surface area contributed by atoms with Crippen LogP contribution in [0.25, 0.3) is 0 Å². The highest BCUT2D eigenvalue weighted by Gasteiger charge is 2.17. The molecule has 82 valence electrons. The molecule has 0 aromatic heterocycles. The third-order valence-electron chi connectivity index (χ3n) is 3.29. The van der Waals surface area contributed by atoms with E-state index in [1.54, 1.807) is 0 Å². The Morgan fingerprint density at radius 2 is 1.93 bits per heavy atom. The maximum atomic E-state index is 3.15. The Bertz CT molecular complexity index is 305. The lowest BCUT2D eigenvalue weighted by Gasteiger charge is -2.35. The summed E-state index contributed by atoms with van der Waals surface area (Å²) in [6.07, 6.45) is 4.04. The lowest BCUT2D eigenvalue weighted by atomic mass is 10.0. The molecule has 1 atom stereocenters. The fourth-order valence-corrected chi connectivity index (χ4v) is 2.30. The predicted octanol–water partition coefficient (Wildman–Crippen LogP) is 3.11. The molecule has 1 aliphatic rings. The molecule has 1 aromatic carbocycles. The molecule has 1 unspecified atom stereocenters. The van der Waals surface area contributed by atoms with Gasteiger partial charge in [-0.3, -0.25) is 0 Å². The van der Waals surface area contributed by atoms with Gasteiger partial charge in [0.25, 0.3) is 0 Å². The van der Waals surface area contributed by atoms with Gasteiger partial charge >= 0.3 is 0 Å².